The highest BCUT2D eigenvalue weighted by Crippen LogP contribution is 2.24. The van der Waals surface area contributed by atoms with Crippen LogP contribution in [0.4, 0.5) is 16.6 Å². The van der Waals surface area contributed by atoms with Gasteiger partial charge in [-0.2, -0.15) is 4.98 Å². The molecule has 0 unspecified atom stereocenters. The van der Waals surface area contributed by atoms with Gasteiger partial charge in [0.1, 0.15) is 11.6 Å². The van der Waals surface area contributed by atoms with Crippen molar-refractivity contribution in [3.63, 3.8) is 0 Å². The van der Waals surface area contributed by atoms with Gasteiger partial charge in [-0.1, -0.05) is 26.0 Å². The number of nitrogen functional groups attached to an aromatic ring is 1. The molecule has 1 saturated heterocycles. The van der Waals surface area contributed by atoms with E-state index in [1.54, 1.807) is 29.2 Å². The number of carbonyl (C=O) groups excluding carboxylic acids is 2. The molecule has 0 bridgehead atoms. The van der Waals surface area contributed by atoms with Crippen molar-refractivity contribution in [3.05, 3.63) is 41.6 Å². The van der Waals surface area contributed by atoms with Crippen molar-refractivity contribution in [3.8, 4) is 5.75 Å². The van der Waals surface area contributed by atoms with Crippen LogP contribution in [0.15, 0.2) is 30.5 Å². The summed E-state index contributed by atoms with van der Waals surface area (Å²) in [5.41, 5.74) is 6.67. The highest BCUT2D eigenvalue weighted by Gasteiger charge is 2.25. The fourth-order valence-electron chi connectivity index (χ4n) is 3.34. The lowest BCUT2D eigenvalue weighted by Crippen LogP contribution is -2.43. The molecule has 1 amide bonds. The van der Waals surface area contributed by atoms with Gasteiger partial charge in [0.25, 0.3) is 0 Å². The van der Waals surface area contributed by atoms with Gasteiger partial charge < -0.3 is 25.4 Å². The lowest BCUT2D eigenvalue weighted by Gasteiger charge is -2.31. The van der Waals surface area contributed by atoms with E-state index in [1.807, 2.05) is 13.8 Å². The van der Waals surface area contributed by atoms with E-state index < -0.39 is 0 Å². The Labute approximate surface area is 182 Å². The number of likely N-dealkylation sites (tertiary alicyclic amines) is 1. The molecule has 0 radical (unpaired) electrons. The molecule has 0 aliphatic carbocycles. The molecule has 1 aromatic carbocycles. The standard InChI is InChI=1S/C22H29N5O4/c1-14(2)13-31-22(29)27-10-8-15(9-11-27)25-21-24-12-17(20(23)26-21)19(28)16-6-4-5-7-18(16)30-3/h4-7,12,14-15H,8-11,13H2,1-3H3,(H3,23,24,25,26). The number of hydrogen-bond donors (Lipinski definition) is 2. The number of aromatic nitrogens is 2. The molecule has 3 rings (SSSR count). The largest absolute Gasteiger partial charge is 0.496 e. The first-order valence-electron chi connectivity index (χ1n) is 10.4. The Bertz CT molecular complexity index is 926. The number of methoxy groups -OCH3 is 1. The third kappa shape index (κ3) is 5.62. The molecule has 31 heavy (non-hydrogen) atoms. The summed E-state index contributed by atoms with van der Waals surface area (Å²) in [6, 6.07) is 7.04. The molecule has 166 valence electrons. The minimum Gasteiger partial charge on any atom is -0.496 e. The molecule has 2 aromatic rings. The lowest BCUT2D eigenvalue weighted by atomic mass is 10.0. The number of nitrogens with two attached hydrogens (primary N) is 1. The molecule has 0 atom stereocenters. The predicted octanol–water partition coefficient (Wildman–Crippen LogP) is 2.97. The van der Waals surface area contributed by atoms with E-state index in [0.717, 1.165) is 12.8 Å². The van der Waals surface area contributed by atoms with Crippen LogP contribution in [0.1, 0.15) is 42.6 Å². The average Bonchev–Trinajstić information content (AvgIpc) is 2.77. The lowest BCUT2D eigenvalue weighted by molar-refractivity contribution is 0.0844. The predicted molar refractivity (Wildman–Crippen MR) is 117 cm³/mol. The van der Waals surface area contributed by atoms with Gasteiger partial charge in [-0.15, -0.1) is 0 Å². The molecule has 1 aromatic heterocycles. The van der Waals surface area contributed by atoms with Gasteiger partial charge in [0.05, 0.1) is 24.8 Å². The molecule has 2 heterocycles. The number of ether oxygens (including phenoxy) is 2. The van der Waals surface area contributed by atoms with Crippen molar-refractivity contribution in [1.29, 1.82) is 0 Å². The zero-order valence-corrected chi connectivity index (χ0v) is 18.1. The Morgan fingerprint density at radius 2 is 1.94 bits per heavy atom. The second-order valence-corrected chi connectivity index (χ2v) is 7.90. The zero-order chi connectivity index (χ0) is 22.4. The van der Waals surface area contributed by atoms with Crippen molar-refractivity contribution < 1.29 is 19.1 Å². The summed E-state index contributed by atoms with van der Waals surface area (Å²) in [5.74, 6) is 0.934. The number of benzene rings is 1. The third-order valence-electron chi connectivity index (χ3n) is 5.04. The summed E-state index contributed by atoms with van der Waals surface area (Å²) in [5, 5.41) is 3.24. The van der Waals surface area contributed by atoms with Gasteiger partial charge in [-0.05, 0) is 30.9 Å². The van der Waals surface area contributed by atoms with E-state index in [1.165, 1.54) is 13.3 Å². The Balaban J connectivity index is 1.59. The van der Waals surface area contributed by atoms with Crippen LogP contribution in [0.25, 0.3) is 0 Å². The summed E-state index contributed by atoms with van der Waals surface area (Å²) in [6.45, 7) is 5.61. The van der Waals surface area contributed by atoms with E-state index in [0.29, 0.717) is 42.9 Å². The van der Waals surface area contributed by atoms with Gasteiger partial charge >= 0.3 is 6.09 Å². The molecule has 1 fully saturated rings. The van der Waals surface area contributed by atoms with E-state index in [4.69, 9.17) is 15.2 Å². The summed E-state index contributed by atoms with van der Waals surface area (Å²) in [6.07, 6.45) is 2.63. The molecule has 0 saturated carbocycles. The maximum Gasteiger partial charge on any atom is 0.409 e. The number of hydrogen-bond acceptors (Lipinski definition) is 8. The number of nitrogens with one attached hydrogen (secondary N) is 1. The highest BCUT2D eigenvalue weighted by molar-refractivity contribution is 6.13. The van der Waals surface area contributed by atoms with Crippen LogP contribution in [0, 0.1) is 5.92 Å². The zero-order valence-electron chi connectivity index (χ0n) is 18.1. The number of amides is 1. The van der Waals surface area contributed by atoms with Gasteiger partial charge in [-0.3, -0.25) is 4.79 Å². The number of nitrogens with zero attached hydrogens (tertiary/aromatic N) is 3. The number of piperidine rings is 1. The number of para-hydroxylation sites is 1. The number of carbonyl (C=O) groups is 2. The molecule has 9 nitrogen and oxygen atoms in total. The topological polar surface area (TPSA) is 120 Å². The smallest absolute Gasteiger partial charge is 0.409 e. The van der Waals surface area contributed by atoms with Crippen LogP contribution in [-0.2, 0) is 4.74 Å². The molecule has 1 aliphatic rings. The van der Waals surface area contributed by atoms with Gasteiger partial charge in [0, 0.05) is 25.3 Å². The number of anilines is 2. The summed E-state index contributed by atoms with van der Waals surface area (Å²) >= 11 is 0. The fourth-order valence-corrected chi connectivity index (χ4v) is 3.34. The fraction of sp³-hybridized carbons (Fsp3) is 0.455. The van der Waals surface area contributed by atoms with Crippen LogP contribution in [0.5, 0.6) is 5.75 Å². The van der Waals surface area contributed by atoms with Crippen LogP contribution >= 0.6 is 0 Å². The molecule has 0 spiro atoms. The molecular weight excluding hydrogens is 398 g/mol. The molecular formula is C22H29N5O4. The maximum absolute atomic E-state index is 12.8. The summed E-state index contributed by atoms with van der Waals surface area (Å²) < 4.78 is 10.5. The van der Waals surface area contributed by atoms with E-state index in [2.05, 4.69) is 15.3 Å². The minimum absolute atomic E-state index is 0.100. The molecule has 1 aliphatic heterocycles. The van der Waals surface area contributed by atoms with Gasteiger partial charge in [-0.25, -0.2) is 9.78 Å². The van der Waals surface area contributed by atoms with Crippen LogP contribution in [0.3, 0.4) is 0 Å². The van der Waals surface area contributed by atoms with Crippen molar-refractivity contribution in [2.75, 3.05) is 37.9 Å². The monoisotopic (exact) mass is 427 g/mol. The van der Waals surface area contributed by atoms with E-state index >= 15 is 0 Å². The Morgan fingerprint density at radius 3 is 2.58 bits per heavy atom. The second-order valence-electron chi connectivity index (χ2n) is 7.90. The average molecular weight is 428 g/mol. The Kier molecular flexibility index (Phi) is 7.28. The van der Waals surface area contributed by atoms with Crippen LogP contribution in [0.2, 0.25) is 0 Å². The summed E-state index contributed by atoms with van der Waals surface area (Å²) in [4.78, 5) is 35.2. The second kappa shape index (κ2) is 10.1. The van der Waals surface area contributed by atoms with Crippen molar-refractivity contribution in [2.45, 2.75) is 32.7 Å². The quantitative estimate of drug-likeness (QED) is 0.647. The Hall–Kier alpha value is -3.36. The van der Waals surface area contributed by atoms with E-state index in [-0.39, 0.29) is 29.3 Å². The SMILES string of the molecule is COc1ccccc1C(=O)c1cnc(NC2CCN(C(=O)OCC(C)C)CC2)nc1N. The Morgan fingerprint density at radius 1 is 1.23 bits per heavy atom. The number of ketones is 1. The first kappa shape index (κ1) is 22.3. The van der Waals surface area contributed by atoms with E-state index in [9.17, 15) is 9.59 Å². The summed E-state index contributed by atoms with van der Waals surface area (Å²) in [7, 11) is 1.51. The van der Waals surface area contributed by atoms with Crippen molar-refractivity contribution >= 4 is 23.6 Å². The molecule has 3 N–H and O–H groups in total. The first-order valence-corrected chi connectivity index (χ1v) is 10.4. The number of rotatable bonds is 7. The molecule has 9 heteroatoms. The van der Waals surface area contributed by atoms with Gasteiger partial charge in [0.15, 0.2) is 0 Å². The minimum atomic E-state index is -0.297. The van der Waals surface area contributed by atoms with Crippen LogP contribution < -0.4 is 15.8 Å². The van der Waals surface area contributed by atoms with Crippen LogP contribution in [-0.4, -0.2) is 59.6 Å². The van der Waals surface area contributed by atoms with Crippen molar-refractivity contribution in [1.82, 2.24) is 14.9 Å². The third-order valence-corrected chi connectivity index (χ3v) is 5.04. The van der Waals surface area contributed by atoms with Crippen molar-refractivity contribution in [2.24, 2.45) is 5.92 Å². The normalized spacial score (nSPS) is 14.4. The van der Waals surface area contributed by atoms with Gasteiger partial charge in [0.2, 0.25) is 11.7 Å². The maximum atomic E-state index is 12.8. The highest BCUT2D eigenvalue weighted by atomic mass is 16.6. The first-order chi connectivity index (χ1) is 14.9.